The third kappa shape index (κ3) is 2.47. The molecule has 0 radical (unpaired) electrons. The number of hydrogen-bond donors (Lipinski definition) is 1. The van der Waals surface area contributed by atoms with Gasteiger partial charge < -0.3 is 10.2 Å². The minimum atomic E-state index is 0.108. The van der Waals surface area contributed by atoms with Crippen LogP contribution >= 0.6 is 0 Å². The molecule has 3 heteroatoms. The molecule has 1 aliphatic heterocycles. The van der Waals surface area contributed by atoms with Crippen LogP contribution in [0.4, 0.5) is 0 Å². The maximum absolute atomic E-state index is 6.10. The lowest BCUT2D eigenvalue weighted by Gasteiger charge is -2.38. The van der Waals surface area contributed by atoms with E-state index in [2.05, 4.69) is 18.7 Å². The van der Waals surface area contributed by atoms with Gasteiger partial charge in [0, 0.05) is 12.6 Å². The van der Waals surface area contributed by atoms with Gasteiger partial charge in [-0.15, -0.1) is 0 Å². The highest BCUT2D eigenvalue weighted by atomic mass is 16.3. The number of nitrogens with two attached hydrogens (primary N) is 1. The van der Waals surface area contributed by atoms with E-state index in [4.69, 9.17) is 10.2 Å². The molecule has 16 heavy (non-hydrogen) atoms. The highest BCUT2D eigenvalue weighted by Gasteiger charge is 2.29. The Kier molecular flexibility index (Phi) is 3.66. The van der Waals surface area contributed by atoms with Gasteiger partial charge in [-0.25, -0.2) is 0 Å². The zero-order valence-electron chi connectivity index (χ0n) is 10.2. The maximum Gasteiger partial charge on any atom is 0.122 e. The van der Waals surface area contributed by atoms with Crippen molar-refractivity contribution < 1.29 is 4.42 Å². The Hall–Kier alpha value is -0.800. The molecule has 1 aromatic rings. The molecule has 3 unspecified atom stereocenters. The van der Waals surface area contributed by atoms with E-state index in [0.29, 0.717) is 0 Å². The minimum Gasteiger partial charge on any atom is -0.468 e. The molecule has 2 heterocycles. The maximum atomic E-state index is 6.10. The quantitative estimate of drug-likeness (QED) is 0.854. The van der Waals surface area contributed by atoms with Crippen LogP contribution in [0.5, 0.6) is 0 Å². The Morgan fingerprint density at radius 1 is 1.56 bits per heavy atom. The third-order valence-electron chi connectivity index (χ3n) is 3.41. The van der Waals surface area contributed by atoms with Crippen LogP contribution in [0.2, 0.25) is 0 Å². The van der Waals surface area contributed by atoms with E-state index in [1.54, 1.807) is 6.26 Å². The summed E-state index contributed by atoms with van der Waals surface area (Å²) in [6, 6.07) is 4.32. The molecule has 0 aliphatic carbocycles. The molecule has 3 nitrogen and oxygen atoms in total. The first kappa shape index (κ1) is 11.7. The summed E-state index contributed by atoms with van der Waals surface area (Å²) in [7, 11) is 0. The highest BCUT2D eigenvalue weighted by molar-refractivity contribution is 5.07. The molecule has 0 spiro atoms. The second-order valence-corrected chi connectivity index (χ2v) is 5.06. The molecule has 0 aromatic carbocycles. The topological polar surface area (TPSA) is 42.4 Å². The summed E-state index contributed by atoms with van der Waals surface area (Å²) in [5.74, 6) is 1.77. The first-order valence-corrected chi connectivity index (χ1v) is 6.21. The second kappa shape index (κ2) is 5.02. The molecule has 1 aliphatic rings. The fraction of sp³-hybridized carbons (Fsp3) is 0.692. The number of piperidine rings is 1. The van der Waals surface area contributed by atoms with Gasteiger partial charge >= 0.3 is 0 Å². The SMILES string of the molecule is CC1CCCN(C(c2ccco2)C(C)N)C1. The van der Waals surface area contributed by atoms with Crippen LogP contribution in [0.3, 0.4) is 0 Å². The summed E-state index contributed by atoms with van der Waals surface area (Å²) in [6.45, 7) is 6.64. The van der Waals surface area contributed by atoms with Crippen molar-refractivity contribution in [3.63, 3.8) is 0 Å². The first-order chi connectivity index (χ1) is 7.68. The van der Waals surface area contributed by atoms with E-state index in [0.717, 1.165) is 24.8 Å². The fourth-order valence-corrected chi connectivity index (χ4v) is 2.71. The average Bonchev–Trinajstić information content (AvgIpc) is 2.71. The van der Waals surface area contributed by atoms with E-state index in [-0.39, 0.29) is 12.1 Å². The fourth-order valence-electron chi connectivity index (χ4n) is 2.71. The smallest absolute Gasteiger partial charge is 0.122 e. The molecule has 0 amide bonds. The average molecular weight is 222 g/mol. The summed E-state index contributed by atoms with van der Waals surface area (Å²) >= 11 is 0. The van der Waals surface area contributed by atoms with Gasteiger partial charge in [-0.2, -0.15) is 0 Å². The van der Waals surface area contributed by atoms with Crippen LogP contribution in [-0.4, -0.2) is 24.0 Å². The van der Waals surface area contributed by atoms with E-state index in [9.17, 15) is 0 Å². The normalized spacial score (nSPS) is 26.6. The van der Waals surface area contributed by atoms with Crippen molar-refractivity contribution in [2.75, 3.05) is 13.1 Å². The molecule has 0 saturated carbocycles. The van der Waals surface area contributed by atoms with Crippen molar-refractivity contribution in [1.29, 1.82) is 0 Å². The van der Waals surface area contributed by atoms with Gasteiger partial charge in [0.2, 0.25) is 0 Å². The summed E-state index contributed by atoms with van der Waals surface area (Å²) in [5, 5.41) is 0. The van der Waals surface area contributed by atoms with Crippen LogP contribution in [0.1, 0.15) is 38.5 Å². The van der Waals surface area contributed by atoms with Crippen LogP contribution < -0.4 is 5.73 Å². The van der Waals surface area contributed by atoms with Crippen molar-refractivity contribution in [2.24, 2.45) is 11.7 Å². The molecule has 1 saturated heterocycles. The molecule has 0 bridgehead atoms. The van der Waals surface area contributed by atoms with Crippen LogP contribution in [0.15, 0.2) is 22.8 Å². The monoisotopic (exact) mass is 222 g/mol. The Balaban J connectivity index is 2.13. The molecule has 2 rings (SSSR count). The number of nitrogens with zero attached hydrogens (tertiary/aromatic N) is 1. The van der Waals surface area contributed by atoms with Crippen LogP contribution in [0.25, 0.3) is 0 Å². The standard InChI is InChI=1S/C13H22N2O/c1-10-5-3-7-15(9-10)13(11(2)14)12-6-4-8-16-12/h4,6,8,10-11,13H,3,5,7,9,14H2,1-2H3. The Labute approximate surface area is 97.6 Å². The van der Waals surface area contributed by atoms with Crippen molar-refractivity contribution in [2.45, 2.75) is 38.8 Å². The largest absolute Gasteiger partial charge is 0.468 e. The van der Waals surface area contributed by atoms with E-state index in [1.165, 1.54) is 12.8 Å². The van der Waals surface area contributed by atoms with Gasteiger partial charge in [-0.1, -0.05) is 6.92 Å². The van der Waals surface area contributed by atoms with Gasteiger partial charge in [0.1, 0.15) is 5.76 Å². The Morgan fingerprint density at radius 2 is 2.38 bits per heavy atom. The number of hydrogen-bond acceptors (Lipinski definition) is 3. The summed E-state index contributed by atoms with van der Waals surface area (Å²) in [4.78, 5) is 2.47. The summed E-state index contributed by atoms with van der Waals surface area (Å²) < 4.78 is 5.52. The Bertz CT molecular complexity index is 308. The number of likely N-dealkylation sites (tertiary alicyclic amines) is 1. The van der Waals surface area contributed by atoms with E-state index in [1.807, 2.05) is 12.1 Å². The van der Waals surface area contributed by atoms with Crippen LogP contribution in [-0.2, 0) is 0 Å². The van der Waals surface area contributed by atoms with Gasteiger partial charge in [0.25, 0.3) is 0 Å². The molecule has 3 atom stereocenters. The van der Waals surface area contributed by atoms with Gasteiger partial charge in [-0.3, -0.25) is 4.90 Å². The molecule has 2 N–H and O–H groups in total. The molecule has 90 valence electrons. The molecular formula is C13H22N2O. The second-order valence-electron chi connectivity index (χ2n) is 5.06. The van der Waals surface area contributed by atoms with Crippen molar-refractivity contribution in [3.05, 3.63) is 24.2 Å². The number of furan rings is 1. The third-order valence-corrected chi connectivity index (χ3v) is 3.41. The van der Waals surface area contributed by atoms with Gasteiger partial charge in [0.15, 0.2) is 0 Å². The van der Waals surface area contributed by atoms with Crippen molar-refractivity contribution in [1.82, 2.24) is 4.90 Å². The molecule has 1 fully saturated rings. The summed E-state index contributed by atoms with van der Waals surface area (Å²) in [5.41, 5.74) is 6.10. The van der Waals surface area contributed by atoms with Crippen molar-refractivity contribution in [3.8, 4) is 0 Å². The van der Waals surface area contributed by atoms with Crippen molar-refractivity contribution >= 4 is 0 Å². The molecule has 1 aromatic heterocycles. The first-order valence-electron chi connectivity index (χ1n) is 6.21. The lowest BCUT2D eigenvalue weighted by molar-refractivity contribution is 0.102. The predicted molar refractivity (Wildman–Crippen MR) is 65.1 cm³/mol. The van der Waals surface area contributed by atoms with E-state index < -0.39 is 0 Å². The Morgan fingerprint density at radius 3 is 2.94 bits per heavy atom. The highest BCUT2D eigenvalue weighted by Crippen LogP contribution is 2.28. The van der Waals surface area contributed by atoms with Crippen LogP contribution in [0, 0.1) is 5.92 Å². The number of rotatable bonds is 3. The van der Waals surface area contributed by atoms with Gasteiger partial charge in [0.05, 0.1) is 12.3 Å². The lowest BCUT2D eigenvalue weighted by atomic mass is 9.96. The predicted octanol–water partition coefficient (Wildman–Crippen LogP) is 2.40. The zero-order valence-corrected chi connectivity index (χ0v) is 10.2. The zero-order chi connectivity index (χ0) is 11.5. The lowest BCUT2D eigenvalue weighted by Crippen LogP contribution is -2.44. The minimum absolute atomic E-state index is 0.108. The van der Waals surface area contributed by atoms with E-state index >= 15 is 0 Å². The molecular weight excluding hydrogens is 200 g/mol. The van der Waals surface area contributed by atoms with Gasteiger partial charge in [-0.05, 0) is 44.4 Å². The summed E-state index contributed by atoms with van der Waals surface area (Å²) in [6.07, 6.45) is 4.34.